The Morgan fingerprint density at radius 1 is 1.00 bits per heavy atom. The zero-order valence-electron chi connectivity index (χ0n) is 10.8. The van der Waals surface area contributed by atoms with E-state index in [-0.39, 0.29) is 6.42 Å². The third kappa shape index (κ3) is 3.05. The third-order valence-electron chi connectivity index (χ3n) is 2.63. The van der Waals surface area contributed by atoms with E-state index in [2.05, 4.69) is 4.74 Å². The molecule has 0 aliphatic heterocycles. The van der Waals surface area contributed by atoms with Gasteiger partial charge in [0.1, 0.15) is 12.4 Å². The molecule has 0 unspecified atom stereocenters. The van der Waals surface area contributed by atoms with Gasteiger partial charge in [0.2, 0.25) is 0 Å². The molecule has 0 radical (unpaired) electrons. The van der Waals surface area contributed by atoms with Gasteiger partial charge in [-0.25, -0.2) is 17.6 Å². The molecule has 0 aliphatic carbocycles. The van der Waals surface area contributed by atoms with Gasteiger partial charge in [0.15, 0.2) is 17.5 Å². The zero-order valence-corrected chi connectivity index (χ0v) is 10.8. The summed E-state index contributed by atoms with van der Waals surface area (Å²) in [6.45, 7) is 3.72. The Morgan fingerprint density at radius 3 is 2.00 bits per heavy atom. The van der Waals surface area contributed by atoms with E-state index in [0.29, 0.717) is 0 Å². The van der Waals surface area contributed by atoms with Crippen LogP contribution in [0.25, 0.3) is 0 Å². The maximum absolute atomic E-state index is 13.8. The van der Waals surface area contributed by atoms with Gasteiger partial charge in [-0.05, 0) is 6.42 Å². The van der Waals surface area contributed by atoms with Gasteiger partial charge in [-0.2, -0.15) is 0 Å². The smallest absolute Gasteiger partial charge is 0.308 e. The van der Waals surface area contributed by atoms with E-state index in [1.165, 1.54) is 20.8 Å². The maximum atomic E-state index is 13.8. The molecular weight excluding hydrogens is 264 g/mol. The lowest BCUT2D eigenvalue weighted by Crippen LogP contribution is -2.15. The van der Waals surface area contributed by atoms with Crippen molar-refractivity contribution < 1.29 is 27.1 Å². The summed E-state index contributed by atoms with van der Waals surface area (Å²) in [4.78, 5) is 11.2. The average molecular weight is 278 g/mol. The second kappa shape index (κ2) is 6.04. The first-order valence-electron chi connectivity index (χ1n) is 5.81. The predicted octanol–water partition coefficient (Wildman–Crippen LogP) is 3.50. The van der Waals surface area contributed by atoms with Crippen LogP contribution in [0.3, 0.4) is 0 Å². The Hall–Kier alpha value is -1.59. The van der Waals surface area contributed by atoms with Crippen molar-refractivity contribution in [3.8, 4) is 0 Å². The summed E-state index contributed by atoms with van der Waals surface area (Å²) in [5.74, 6) is -7.34. The van der Waals surface area contributed by atoms with Gasteiger partial charge in [-0.1, -0.05) is 20.8 Å². The molecule has 0 saturated heterocycles. The van der Waals surface area contributed by atoms with Crippen molar-refractivity contribution in [2.45, 2.75) is 33.8 Å². The Morgan fingerprint density at radius 2 is 1.53 bits per heavy atom. The largest absolute Gasteiger partial charge is 0.460 e. The minimum absolute atomic E-state index is 0.139. The Labute approximate surface area is 108 Å². The number of esters is 1. The number of benzene rings is 1. The molecule has 0 bridgehead atoms. The fraction of sp³-hybridized carbons (Fsp3) is 0.462. The molecule has 1 aromatic rings. The summed E-state index contributed by atoms with van der Waals surface area (Å²) in [6, 6.07) is 0. The van der Waals surface area contributed by atoms with Gasteiger partial charge in [-0.3, -0.25) is 4.79 Å². The Bertz CT molecular complexity index is 498. The van der Waals surface area contributed by atoms with Crippen molar-refractivity contribution in [1.29, 1.82) is 0 Å². The van der Waals surface area contributed by atoms with E-state index in [1.807, 2.05) is 0 Å². The molecule has 0 amide bonds. The summed E-state index contributed by atoms with van der Waals surface area (Å²) in [5, 5.41) is 0. The molecule has 106 valence electrons. The van der Waals surface area contributed by atoms with Crippen LogP contribution in [0.4, 0.5) is 17.6 Å². The SMILES string of the molecule is CCc1c(F)c(F)c(F)c(COC(=O)C(C)C)c1F. The van der Waals surface area contributed by atoms with Crippen LogP contribution in [-0.2, 0) is 22.6 Å². The molecule has 6 heteroatoms. The van der Waals surface area contributed by atoms with E-state index in [1.54, 1.807) is 0 Å². The highest BCUT2D eigenvalue weighted by Crippen LogP contribution is 2.25. The molecule has 19 heavy (non-hydrogen) atoms. The molecule has 0 spiro atoms. The minimum Gasteiger partial charge on any atom is -0.460 e. The van der Waals surface area contributed by atoms with Crippen molar-refractivity contribution in [1.82, 2.24) is 0 Å². The molecule has 0 N–H and O–H groups in total. The van der Waals surface area contributed by atoms with Crippen molar-refractivity contribution >= 4 is 5.97 Å². The molecule has 0 aliphatic rings. The fourth-order valence-electron chi connectivity index (χ4n) is 1.48. The first kappa shape index (κ1) is 15.5. The van der Waals surface area contributed by atoms with Crippen LogP contribution in [0.2, 0.25) is 0 Å². The first-order chi connectivity index (χ1) is 8.81. The van der Waals surface area contributed by atoms with Crippen LogP contribution in [0, 0.1) is 29.2 Å². The van der Waals surface area contributed by atoms with Crippen LogP contribution in [0.5, 0.6) is 0 Å². The summed E-state index contributed by atoms with van der Waals surface area (Å²) >= 11 is 0. The molecule has 2 nitrogen and oxygen atoms in total. The van der Waals surface area contributed by atoms with Gasteiger partial charge in [0, 0.05) is 5.56 Å². The number of rotatable bonds is 4. The quantitative estimate of drug-likeness (QED) is 0.364. The fourth-order valence-corrected chi connectivity index (χ4v) is 1.48. The average Bonchev–Trinajstić information content (AvgIpc) is 2.36. The molecular formula is C13H14F4O2. The minimum atomic E-state index is -1.76. The number of carbonyl (C=O) groups is 1. The van der Waals surface area contributed by atoms with Crippen molar-refractivity contribution in [3.63, 3.8) is 0 Å². The highest BCUT2D eigenvalue weighted by Gasteiger charge is 2.25. The standard InChI is InChI=1S/C13H14F4O2/c1-4-7-9(14)8(5-19-13(18)6(2)3)11(16)12(17)10(7)15/h6H,4-5H2,1-3H3. The normalized spacial score (nSPS) is 10.9. The number of carbonyl (C=O) groups excluding carboxylic acids is 1. The van der Waals surface area contributed by atoms with Gasteiger partial charge in [-0.15, -0.1) is 0 Å². The summed E-state index contributed by atoms with van der Waals surface area (Å²) in [6.07, 6.45) is -0.139. The second-order valence-electron chi connectivity index (χ2n) is 4.33. The van der Waals surface area contributed by atoms with Gasteiger partial charge < -0.3 is 4.74 Å². The van der Waals surface area contributed by atoms with E-state index in [4.69, 9.17) is 0 Å². The van der Waals surface area contributed by atoms with Crippen LogP contribution in [0.1, 0.15) is 31.9 Å². The van der Waals surface area contributed by atoms with Gasteiger partial charge >= 0.3 is 5.97 Å². The number of hydrogen-bond donors (Lipinski definition) is 0. The molecule has 1 aromatic carbocycles. The topological polar surface area (TPSA) is 26.3 Å². The molecule has 0 fully saturated rings. The lowest BCUT2D eigenvalue weighted by molar-refractivity contribution is -0.148. The first-order valence-corrected chi connectivity index (χ1v) is 5.81. The Balaban J connectivity index is 3.14. The third-order valence-corrected chi connectivity index (χ3v) is 2.63. The number of ether oxygens (including phenoxy) is 1. The lowest BCUT2D eigenvalue weighted by Gasteiger charge is -2.12. The van der Waals surface area contributed by atoms with Crippen molar-refractivity contribution in [3.05, 3.63) is 34.4 Å². The van der Waals surface area contributed by atoms with Crippen LogP contribution < -0.4 is 0 Å². The summed E-state index contributed by atoms with van der Waals surface area (Å²) in [5.41, 5.74) is -1.33. The number of halogens is 4. The molecule has 1 rings (SSSR count). The van der Waals surface area contributed by atoms with E-state index in [9.17, 15) is 22.4 Å². The number of hydrogen-bond acceptors (Lipinski definition) is 2. The molecule has 0 heterocycles. The maximum Gasteiger partial charge on any atom is 0.308 e. The van der Waals surface area contributed by atoms with E-state index in [0.717, 1.165) is 0 Å². The monoisotopic (exact) mass is 278 g/mol. The van der Waals surface area contributed by atoms with Gasteiger partial charge in [0.05, 0.1) is 11.5 Å². The lowest BCUT2D eigenvalue weighted by atomic mass is 10.1. The van der Waals surface area contributed by atoms with E-state index < -0.39 is 52.9 Å². The van der Waals surface area contributed by atoms with Crippen LogP contribution >= 0.6 is 0 Å². The van der Waals surface area contributed by atoms with E-state index >= 15 is 0 Å². The van der Waals surface area contributed by atoms with Crippen molar-refractivity contribution in [2.24, 2.45) is 5.92 Å². The summed E-state index contributed by atoms with van der Waals surface area (Å²) in [7, 11) is 0. The van der Waals surface area contributed by atoms with Crippen LogP contribution in [0.15, 0.2) is 0 Å². The highest BCUT2D eigenvalue weighted by molar-refractivity contribution is 5.71. The molecule has 0 atom stereocenters. The molecule has 0 aromatic heterocycles. The molecule has 0 saturated carbocycles. The predicted molar refractivity (Wildman–Crippen MR) is 60.3 cm³/mol. The second-order valence-corrected chi connectivity index (χ2v) is 4.33. The zero-order chi connectivity index (χ0) is 14.7. The highest BCUT2D eigenvalue weighted by atomic mass is 19.2. The van der Waals surface area contributed by atoms with Crippen LogP contribution in [-0.4, -0.2) is 5.97 Å². The van der Waals surface area contributed by atoms with Crippen molar-refractivity contribution in [2.75, 3.05) is 0 Å². The Kier molecular flexibility index (Phi) is 4.91. The van der Waals surface area contributed by atoms with Gasteiger partial charge in [0.25, 0.3) is 0 Å². The summed E-state index contributed by atoms with van der Waals surface area (Å²) < 4.78 is 58.4.